The number of nitrogens with two attached hydrogens (primary N) is 1. The average Bonchev–Trinajstić information content (AvgIpc) is 2.06. The summed E-state index contributed by atoms with van der Waals surface area (Å²) < 4.78 is 0. The first-order valence-electron chi connectivity index (χ1n) is 4.60. The minimum atomic E-state index is 1.00. The Balaban J connectivity index is 2.52. The van der Waals surface area contributed by atoms with Crippen molar-refractivity contribution in [2.45, 2.75) is 26.2 Å². The lowest BCUT2D eigenvalue weighted by Crippen LogP contribution is -2.20. The molecule has 0 aromatic heterocycles. The fraction of sp³-hybridized carbons (Fsp3) is 0.600. The lowest BCUT2D eigenvalue weighted by atomic mass is 10.1. The quantitative estimate of drug-likeness (QED) is 0.693. The third kappa shape index (κ3) is 2.29. The van der Waals surface area contributed by atoms with Crippen LogP contribution in [0.25, 0.3) is 0 Å². The van der Waals surface area contributed by atoms with E-state index in [1.54, 1.807) is 0 Å². The Morgan fingerprint density at radius 1 is 1.42 bits per heavy atom. The third-order valence-corrected chi connectivity index (χ3v) is 2.21. The first-order valence-corrected chi connectivity index (χ1v) is 4.60. The van der Waals surface area contributed by atoms with Gasteiger partial charge in [-0.15, -0.1) is 0 Å². The Labute approximate surface area is 74.7 Å². The maximum Gasteiger partial charge on any atom is 0.0169 e. The number of hydrogen-bond acceptors (Lipinski definition) is 2. The lowest BCUT2D eigenvalue weighted by molar-refractivity contribution is 0.398. The molecule has 0 saturated carbocycles. The highest BCUT2D eigenvalue weighted by Crippen LogP contribution is 2.17. The van der Waals surface area contributed by atoms with Crippen LogP contribution in [0.3, 0.4) is 0 Å². The summed E-state index contributed by atoms with van der Waals surface area (Å²) >= 11 is 0. The van der Waals surface area contributed by atoms with Crippen molar-refractivity contribution < 1.29 is 0 Å². The molecule has 68 valence electrons. The molecule has 1 rings (SSSR count). The largest absolute Gasteiger partial charge is 0.402 e. The monoisotopic (exact) mass is 166 g/mol. The Kier molecular flexibility index (Phi) is 3.20. The molecule has 12 heavy (non-hydrogen) atoms. The van der Waals surface area contributed by atoms with Crippen molar-refractivity contribution >= 4 is 0 Å². The van der Waals surface area contributed by atoms with E-state index in [9.17, 15) is 0 Å². The van der Waals surface area contributed by atoms with E-state index in [0.29, 0.717) is 0 Å². The van der Waals surface area contributed by atoms with Gasteiger partial charge in [-0.1, -0.05) is 6.92 Å². The van der Waals surface area contributed by atoms with Gasteiger partial charge in [0.15, 0.2) is 0 Å². The second kappa shape index (κ2) is 4.19. The summed E-state index contributed by atoms with van der Waals surface area (Å²) in [6.45, 7) is 3.34. The predicted molar refractivity (Wildman–Crippen MR) is 52.5 cm³/mol. The van der Waals surface area contributed by atoms with E-state index < -0.39 is 0 Å². The first kappa shape index (κ1) is 9.17. The summed E-state index contributed by atoms with van der Waals surface area (Å²) in [6.07, 6.45) is 7.46. The predicted octanol–water partition coefficient (Wildman–Crippen LogP) is 1.85. The molecule has 0 heterocycles. The Morgan fingerprint density at radius 2 is 2.17 bits per heavy atom. The molecular formula is C10H18N2. The maximum absolute atomic E-state index is 5.67. The summed E-state index contributed by atoms with van der Waals surface area (Å²) in [5.74, 6) is 0. The highest BCUT2D eigenvalue weighted by Gasteiger charge is 2.06. The minimum Gasteiger partial charge on any atom is -0.402 e. The lowest BCUT2D eigenvalue weighted by Gasteiger charge is -2.23. The van der Waals surface area contributed by atoms with Crippen LogP contribution >= 0.6 is 0 Å². The zero-order chi connectivity index (χ0) is 8.97. The van der Waals surface area contributed by atoms with Gasteiger partial charge in [-0.05, 0) is 31.4 Å². The molecule has 0 fully saturated rings. The highest BCUT2D eigenvalue weighted by molar-refractivity contribution is 5.21. The van der Waals surface area contributed by atoms with Crippen molar-refractivity contribution in [3.8, 4) is 0 Å². The second-order valence-corrected chi connectivity index (χ2v) is 3.32. The van der Waals surface area contributed by atoms with E-state index in [1.165, 1.54) is 12.1 Å². The van der Waals surface area contributed by atoms with Crippen LogP contribution in [0, 0.1) is 0 Å². The smallest absolute Gasteiger partial charge is 0.0169 e. The molecule has 2 nitrogen and oxygen atoms in total. The molecule has 0 aromatic rings. The Bertz CT molecular complexity index is 204. The molecule has 0 aliphatic heterocycles. The summed E-state index contributed by atoms with van der Waals surface area (Å²) in [7, 11) is 2.14. The van der Waals surface area contributed by atoms with Crippen molar-refractivity contribution in [2.75, 3.05) is 13.6 Å². The van der Waals surface area contributed by atoms with Crippen LogP contribution in [-0.4, -0.2) is 18.5 Å². The molecule has 0 unspecified atom stereocenters. The van der Waals surface area contributed by atoms with E-state index >= 15 is 0 Å². The van der Waals surface area contributed by atoms with E-state index in [0.717, 1.165) is 25.1 Å². The molecule has 0 atom stereocenters. The van der Waals surface area contributed by atoms with Crippen LogP contribution in [0.1, 0.15) is 26.2 Å². The second-order valence-electron chi connectivity index (χ2n) is 3.32. The third-order valence-electron chi connectivity index (χ3n) is 2.21. The van der Waals surface area contributed by atoms with Gasteiger partial charge in [0.1, 0.15) is 0 Å². The Hall–Kier alpha value is -0.920. The zero-order valence-corrected chi connectivity index (χ0v) is 8.01. The summed E-state index contributed by atoms with van der Waals surface area (Å²) in [5.41, 5.74) is 8.08. The van der Waals surface area contributed by atoms with Crippen LogP contribution < -0.4 is 5.73 Å². The molecule has 2 heteroatoms. The van der Waals surface area contributed by atoms with Crippen molar-refractivity contribution in [3.05, 3.63) is 23.5 Å². The topological polar surface area (TPSA) is 29.3 Å². The van der Waals surface area contributed by atoms with Gasteiger partial charge in [-0.25, -0.2) is 0 Å². The molecule has 0 amide bonds. The summed E-state index contributed by atoms with van der Waals surface area (Å²) in [4.78, 5) is 2.31. The van der Waals surface area contributed by atoms with Crippen molar-refractivity contribution in [2.24, 2.45) is 5.73 Å². The SMILES string of the molecule is CCCN(C)C1=CC=C(N)CC1. The van der Waals surface area contributed by atoms with Crippen molar-refractivity contribution in [3.63, 3.8) is 0 Å². The molecule has 0 saturated heterocycles. The maximum atomic E-state index is 5.67. The molecular weight excluding hydrogens is 148 g/mol. The minimum absolute atomic E-state index is 1.00. The van der Waals surface area contributed by atoms with Gasteiger partial charge in [0.2, 0.25) is 0 Å². The fourth-order valence-electron chi connectivity index (χ4n) is 1.44. The molecule has 0 radical (unpaired) electrons. The summed E-state index contributed by atoms with van der Waals surface area (Å²) in [5, 5.41) is 0. The number of allylic oxidation sites excluding steroid dienone is 4. The van der Waals surface area contributed by atoms with Crippen LogP contribution in [0.2, 0.25) is 0 Å². The zero-order valence-electron chi connectivity index (χ0n) is 8.01. The van der Waals surface area contributed by atoms with E-state index in [1.807, 2.05) is 6.08 Å². The molecule has 0 spiro atoms. The molecule has 0 aromatic carbocycles. The summed E-state index contributed by atoms with van der Waals surface area (Å²) in [6, 6.07) is 0. The van der Waals surface area contributed by atoms with E-state index in [4.69, 9.17) is 5.73 Å². The van der Waals surface area contributed by atoms with Crippen molar-refractivity contribution in [1.29, 1.82) is 0 Å². The van der Waals surface area contributed by atoms with E-state index in [2.05, 4.69) is 24.9 Å². The highest BCUT2D eigenvalue weighted by atomic mass is 15.1. The van der Waals surface area contributed by atoms with Gasteiger partial charge >= 0.3 is 0 Å². The van der Waals surface area contributed by atoms with Crippen LogP contribution in [0.5, 0.6) is 0 Å². The normalized spacial score (nSPS) is 16.8. The number of rotatable bonds is 3. The molecule has 0 bridgehead atoms. The van der Waals surface area contributed by atoms with Crippen LogP contribution in [0.15, 0.2) is 23.5 Å². The number of nitrogens with zero attached hydrogens (tertiary/aromatic N) is 1. The molecule has 1 aliphatic rings. The van der Waals surface area contributed by atoms with Crippen LogP contribution in [0.4, 0.5) is 0 Å². The van der Waals surface area contributed by atoms with Crippen molar-refractivity contribution in [1.82, 2.24) is 4.90 Å². The Morgan fingerprint density at radius 3 is 2.67 bits per heavy atom. The van der Waals surface area contributed by atoms with Gasteiger partial charge in [0.05, 0.1) is 0 Å². The van der Waals surface area contributed by atoms with E-state index in [-0.39, 0.29) is 0 Å². The van der Waals surface area contributed by atoms with Gasteiger partial charge in [-0.2, -0.15) is 0 Å². The molecule has 1 aliphatic carbocycles. The van der Waals surface area contributed by atoms with Gasteiger partial charge in [0.25, 0.3) is 0 Å². The number of hydrogen-bond donors (Lipinski definition) is 1. The first-order chi connectivity index (χ1) is 5.74. The molecule has 2 N–H and O–H groups in total. The fourth-order valence-corrected chi connectivity index (χ4v) is 1.44. The van der Waals surface area contributed by atoms with Gasteiger partial charge < -0.3 is 10.6 Å². The standard InChI is InChI=1S/C10H18N2/c1-3-8-12(2)10-6-4-9(11)5-7-10/h4,6H,3,5,7-8,11H2,1-2H3. The van der Waals surface area contributed by atoms with Gasteiger partial charge in [0, 0.05) is 25.0 Å². The average molecular weight is 166 g/mol. The van der Waals surface area contributed by atoms with Crippen LogP contribution in [-0.2, 0) is 0 Å². The van der Waals surface area contributed by atoms with Gasteiger partial charge in [-0.3, -0.25) is 0 Å².